The number of benzene rings is 1. The molecule has 1 saturated heterocycles. The van der Waals surface area contributed by atoms with E-state index in [2.05, 4.69) is 34.8 Å². The maximum absolute atomic E-state index is 12.1. The quantitative estimate of drug-likeness (QED) is 0.782. The predicted octanol–water partition coefficient (Wildman–Crippen LogP) is 2.24. The number of nitrogens with zero attached hydrogens (tertiary/aromatic N) is 1. The zero-order valence-corrected chi connectivity index (χ0v) is 14.1. The Morgan fingerprint density at radius 2 is 2.30 bits per heavy atom. The molecule has 0 bridgehead atoms. The summed E-state index contributed by atoms with van der Waals surface area (Å²) in [7, 11) is 0. The Kier molecular flexibility index (Phi) is 5.40. The van der Waals surface area contributed by atoms with Gasteiger partial charge in [-0.25, -0.2) is 0 Å². The van der Waals surface area contributed by atoms with Crippen molar-refractivity contribution in [3.8, 4) is 0 Å². The lowest BCUT2D eigenvalue weighted by atomic mass is 9.96. The average Bonchev–Trinajstić information content (AvgIpc) is 2.37. The highest BCUT2D eigenvalue weighted by molar-refractivity contribution is 14.1. The monoisotopic (exact) mass is 388 g/mol. The third-order valence-electron chi connectivity index (χ3n) is 3.83. The Hall–Kier alpha value is -0.660. The minimum Gasteiger partial charge on any atom is -0.392 e. The lowest BCUT2D eigenvalue weighted by Crippen LogP contribution is -2.45. The van der Waals surface area contributed by atoms with Crippen LogP contribution < -0.4 is 5.32 Å². The summed E-state index contributed by atoms with van der Waals surface area (Å²) in [6, 6.07) is 5.96. The van der Waals surface area contributed by atoms with E-state index in [0.717, 1.165) is 27.8 Å². The molecule has 2 N–H and O–H groups in total. The van der Waals surface area contributed by atoms with Crippen molar-refractivity contribution in [3.63, 3.8) is 0 Å². The van der Waals surface area contributed by atoms with Crippen LogP contribution in [0.15, 0.2) is 18.2 Å². The third kappa shape index (κ3) is 4.17. The maximum Gasteiger partial charge on any atom is 0.238 e. The molecule has 1 amide bonds. The molecule has 4 nitrogen and oxygen atoms in total. The molecule has 1 aliphatic rings. The predicted molar refractivity (Wildman–Crippen MR) is 88.8 cm³/mol. The van der Waals surface area contributed by atoms with Crippen molar-refractivity contribution in [3.05, 3.63) is 27.3 Å². The smallest absolute Gasteiger partial charge is 0.238 e. The zero-order valence-electron chi connectivity index (χ0n) is 11.9. The lowest BCUT2D eigenvalue weighted by Gasteiger charge is -2.33. The van der Waals surface area contributed by atoms with Gasteiger partial charge in [-0.2, -0.15) is 0 Å². The van der Waals surface area contributed by atoms with Crippen LogP contribution in [0.1, 0.15) is 18.9 Å². The molecule has 2 unspecified atom stereocenters. The molecule has 2 atom stereocenters. The zero-order chi connectivity index (χ0) is 14.7. The van der Waals surface area contributed by atoms with E-state index in [1.165, 1.54) is 0 Å². The third-order valence-corrected chi connectivity index (χ3v) is 4.50. The first-order valence-corrected chi connectivity index (χ1v) is 8.00. The highest BCUT2D eigenvalue weighted by Crippen LogP contribution is 2.19. The Labute approximate surface area is 133 Å². The van der Waals surface area contributed by atoms with Gasteiger partial charge in [0.2, 0.25) is 5.91 Å². The van der Waals surface area contributed by atoms with Gasteiger partial charge in [0, 0.05) is 15.8 Å². The summed E-state index contributed by atoms with van der Waals surface area (Å²) >= 11 is 2.26. The van der Waals surface area contributed by atoms with Crippen molar-refractivity contribution in [2.75, 3.05) is 25.0 Å². The molecule has 0 aromatic heterocycles. The number of aliphatic hydroxyl groups excluding tert-OH is 1. The standard InChI is InChI=1S/C15H21IN2O2/c1-10-5-6-18(8-14(10)19)9-15(20)17-13-4-3-12(16)7-11(13)2/h3-4,7,10,14,19H,5-6,8-9H2,1-2H3,(H,17,20). The van der Waals surface area contributed by atoms with Gasteiger partial charge in [0.05, 0.1) is 12.6 Å². The number of aliphatic hydroxyl groups is 1. The number of halogens is 1. The number of piperidine rings is 1. The van der Waals surface area contributed by atoms with Crippen LogP contribution in [0.2, 0.25) is 0 Å². The Morgan fingerprint density at radius 1 is 1.55 bits per heavy atom. The first-order valence-electron chi connectivity index (χ1n) is 6.92. The van der Waals surface area contributed by atoms with Crippen LogP contribution in [0.3, 0.4) is 0 Å². The highest BCUT2D eigenvalue weighted by atomic mass is 127. The summed E-state index contributed by atoms with van der Waals surface area (Å²) < 4.78 is 1.16. The molecule has 0 aliphatic carbocycles. The molecule has 0 saturated carbocycles. The summed E-state index contributed by atoms with van der Waals surface area (Å²) in [6.07, 6.45) is 0.619. The van der Waals surface area contributed by atoms with E-state index in [0.29, 0.717) is 19.0 Å². The number of nitrogens with one attached hydrogen (secondary N) is 1. The molecule has 1 aromatic rings. The number of carbonyl (C=O) groups excluding carboxylic acids is 1. The van der Waals surface area contributed by atoms with Gasteiger partial charge in [-0.1, -0.05) is 6.92 Å². The van der Waals surface area contributed by atoms with E-state index in [9.17, 15) is 9.90 Å². The van der Waals surface area contributed by atoms with Gasteiger partial charge in [0.1, 0.15) is 0 Å². The van der Waals surface area contributed by atoms with Crippen LogP contribution in [0.5, 0.6) is 0 Å². The number of β-amino-alcohol motifs (C(OH)–C–C–N with tert-alkyl or cyclic N) is 1. The van der Waals surface area contributed by atoms with Crippen LogP contribution in [0.25, 0.3) is 0 Å². The maximum atomic E-state index is 12.1. The molecule has 20 heavy (non-hydrogen) atoms. The van der Waals surface area contributed by atoms with Gasteiger partial charge < -0.3 is 10.4 Å². The summed E-state index contributed by atoms with van der Waals surface area (Å²) in [5.74, 6) is 0.309. The van der Waals surface area contributed by atoms with E-state index in [1.807, 2.05) is 30.0 Å². The van der Waals surface area contributed by atoms with Crippen molar-refractivity contribution in [2.45, 2.75) is 26.4 Å². The minimum absolute atomic E-state index is 0.0175. The molecule has 1 aromatic carbocycles. The molecule has 110 valence electrons. The van der Waals surface area contributed by atoms with Gasteiger partial charge in [0.25, 0.3) is 0 Å². The number of carbonyl (C=O) groups is 1. The first-order chi connectivity index (χ1) is 9.45. The van der Waals surface area contributed by atoms with Gasteiger partial charge in [-0.05, 0) is 72.2 Å². The van der Waals surface area contributed by atoms with Crippen LogP contribution in [0, 0.1) is 16.4 Å². The molecule has 1 fully saturated rings. The second-order valence-electron chi connectivity index (χ2n) is 5.58. The Morgan fingerprint density at radius 3 is 2.95 bits per heavy atom. The van der Waals surface area contributed by atoms with Crippen molar-refractivity contribution in [2.24, 2.45) is 5.92 Å². The Bertz CT molecular complexity index is 493. The fourth-order valence-electron chi connectivity index (χ4n) is 2.42. The van der Waals surface area contributed by atoms with E-state index >= 15 is 0 Å². The number of amides is 1. The van der Waals surface area contributed by atoms with Crippen molar-refractivity contribution < 1.29 is 9.90 Å². The van der Waals surface area contributed by atoms with Gasteiger partial charge >= 0.3 is 0 Å². The molecule has 5 heteroatoms. The molecular formula is C15H21IN2O2. The number of likely N-dealkylation sites (tertiary alicyclic amines) is 1. The first kappa shape index (κ1) is 15.7. The summed E-state index contributed by atoms with van der Waals surface area (Å²) in [4.78, 5) is 14.1. The van der Waals surface area contributed by atoms with Crippen LogP contribution in [-0.4, -0.2) is 41.7 Å². The molecule has 1 aliphatic heterocycles. The normalized spacial score (nSPS) is 23.6. The summed E-state index contributed by atoms with van der Waals surface area (Å²) in [5, 5.41) is 12.8. The fourth-order valence-corrected chi connectivity index (χ4v) is 3.07. The van der Waals surface area contributed by atoms with Crippen molar-refractivity contribution in [1.29, 1.82) is 0 Å². The topological polar surface area (TPSA) is 52.6 Å². The van der Waals surface area contributed by atoms with E-state index in [4.69, 9.17) is 0 Å². The minimum atomic E-state index is -0.323. The highest BCUT2D eigenvalue weighted by Gasteiger charge is 2.25. The lowest BCUT2D eigenvalue weighted by molar-refractivity contribution is -0.118. The van der Waals surface area contributed by atoms with Gasteiger partial charge in [0.15, 0.2) is 0 Å². The number of aryl methyl sites for hydroxylation is 1. The summed E-state index contributed by atoms with van der Waals surface area (Å²) in [5.41, 5.74) is 1.93. The van der Waals surface area contributed by atoms with E-state index < -0.39 is 0 Å². The second kappa shape index (κ2) is 6.87. The van der Waals surface area contributed by atoms with E-state index in [-0.39, 0.29) is 12.0 Å². The average molecular weight is 388 g/mol. The SMILES string of the molecule is Cc1cc(I)ccc1NC(=O)CN1CCC(C)C(O)C1. The van der Waals surface area contributed by atoms with Crippen molar-refractivity contribution >= 4 is 34.2 Å². The number of anilines is 1. The molecule has 0 spiro atoms. The second-order valence-corrected chi connectivity index (χ2v) is 6.82. The number of hydrogen-bond donors (Lipinski definition) is 2. The molecule has 1 heterocycles. The largest absolute Gasteiger partial charge is 0.392 e. The van der Waals surface area contributed by atoms with Crippen LogP contribution in [0.4, 0.5) is 5.69 Å². The fraction of sp³-hybridized carbons (Fsp3) is 0.533. The number of hydrogen-bond acceptors (Lipinski definition) is 3. The van der Waals surface area contributed by atoms with Gasteiger partial charge in [-0.3, -0.25) is 9.69 Å². The molecular weight excluding hydrogens is 367 g/mol. The molecule has 2 rings (SSSR count). The number of rotatable bonds is 3. The van der Waals surface area contributed by atoms with E-state index in [1.54, 1.807) is 0 Å². The van der Waals surface area contributed by atoms with Gasteiger partial charge in [-0.15, -0.1) is 0 Å². The molecule has 0 radical (unpaired) electrons. The summed E-state index contributed by atoms with van der Waals surface area (Å²) in [6.45, 7) is 5.84. The van der Waals surface area contributed by atoms with Crippen LogP contribution >= 0.6 is 22.6 Å². The van der Waals surface area contributed by atoms with Crippen LogP contribution in [-0.2, 0) is 4.79 Å². The Balaban J connectivity index is 1.89. The van der Waals surface area contributed by atoms with Crippen molar-refractivity contribution in [1.82, 2.24) is 4.90 Å².